The Morgan fingerprint density at radius 1 is 0.895 bits per heavy atom. The third kappa shape index (κ3) is 6.92. The van der Waals surface area contributed by atoms with Crippen LogP contribution in [0.2, 0.25) is 0 Å². The molecule has 0 radical (unpaired) electrons. The summed E-state index contributed by atoms with van der Waals surface area (Å²) < 4.78 is 0. The molecule has 1 fully saturated rings. The van der Waals surface area contributed by atoms with Crippen LogP contribution in [0.25, 0.3) is 0 Å². The van der Waals surface area contributed by atoms with Crippen LogP contribution in [-0.4, -0.2) is 57.1 Å². The third-order valence-electron chi connectivity index (χ3n) is 7.15. The SMILES string of the molecule is CCNC(=O)Nc1ccc(N(C)C)cc1C(=O)NCC1CCN(C(c2ccccc2)c2ccccc2)CC1. The van der Waals surface area contributed by atoms with Gasteiger partial charge in [-0.05, 0) is 68.1 Å². The topological polar surface area (TPSA) is 76.7 Å². The number of nitrogens with zero attached hydrogens (tertiary/aromatic N) is 2. The maximum Gasteiger partial charge on any atom is 0.319 e. The number of rotatable bonds is 9. The largest absolute Gasteiger partial charge is 0.378 e. The highest BCUT2D eigenvalue weighted by molar-refractivity contribution is 6.04. The molecule has 3 N–H and O–H groups in total. The van der Waals surface area contributed by atoms with E-state index in [0.717, 1.165) is 31.6 Å². The van der Waals surface area contributed by atoms with Gasteiger partial charge in [-0.1, -0.05) is 60.7 Å². The molecule has 0 atom stereocenters. The average molecular weight is 514 g/mol. The molecule has 4 rings (SSSR count). The van der Waals surface area contributed by atoms with Crippen LogP contribution in [-0.2, 0) is 0 Å². The Morgan fingerprint density at radius 3 is 2.05 bits per heavy atom. The van der Waals surface area contributed by atoms with E-state index in [0.29, 0.717) is 30.3 Å². The van der Waals surface area contributed by atoms with E-state index in [1.807, 2.05) is 38.1 Å². The molecule has 7 nitrogen and oxygen atoms in total. The lowest BCUT2D eigenvalue weighted by molar-refractivity contribution is 0.0931. The summed E-state index contributed by atoms with van der Waals surface area (Å²) in [7, 11) is 3.86. The molecule has 7 heteroatoms. The Morgan fingerprint density at radius 2 is 1.50 bits per heavy atom. The van der Waals surface area contributed by atoms with Crippen molar-refractivity contribution in [2.75, 3.05) is 50.5 Å². The lowest BCUT2D eigenvalue weighted by atomic mass is 9.91. The number of likely N-dealkylation sites (tertiary alicyclic amines) is 1. The Bertz CT molecular complexity index is 1150. The van der Waals surface area contributed by atoms with E-state index in [1.54, 1.807) is 6.07 Å². The second kappa shape index (κ2) is 13.1. The zero-order valence-electron chi connectivity index (χ0n) is 22.6. The fourth-order valence-corrected chi connectivity index (χ4v) is 5.07. The first-order valence-electron chi connectivity index (χ1n) is 13.4. The molecular weight excluding hydrogens is 474 g/mol. The van der Waals surface area contributed by atoms with E-state index in [4.69, 9.17) is 0 Å². The smallest absolute Gasteiger partial charge is 0.319 e. The summed E-state index contributed by atoms with van der Waals surface area (Å²) in [4.78, 5) is 29.9. The number of urea groups is 1. The van der Waals surface area contributed by atoms with Crippen molar-refractivity contribution in [2.45, 2.75) is 25.8 Å². The first-order valence-corrected chi connectivity index (χ1v) is 13.4. The minimum absolute atomic E-state index is 0.172. The molecule has 0 bridgehead atoms. The van der Waals surface area contributed by atoms with Gasteiger partial charge in [0.1, 0.15) is 0 Å². The first kappa shape index (κ1) is 27.2. The number of benzene rings is 3. The molecular formula is C31H39N5O2. The van der Waals surface area contributed by atoms with Crippen molar-refractivity contribution in [3.8, 4) is 0 Å². The molecule has 200 valence electrons. The summed E-state index contributed by atoms with van der Waals surface area (Å²) in [5, 5.41) is 8.67. The Hall–Kier alpha value is -3.84. The fraction of sp³-hybridized carbons (Fsp3) is 0.355. The lowest BCUT2D eigenvalue weighted by Crippen LogP contribution is -2.40. The second-order valence-electron chi connectivity index (χ2n) is 10.0. The van der Waals surface area contributed by atoms with Gasteiger partial charge in [-0.25, -0.2) is 4.79 Å². The Balaban J connectivity index is 1.40. The van der Waals surface area contributed by atoms with Gasteiger partial charge in [-0.15, -0.1) is 0 Å². The summed E-state index contributed by atoms with van der Waals surface area (Å²) in [6, 6.07) is 26.8. The van der Waals surface area contributed by atoms with Crippen molar-refractivity contribution in [3.63, 3.8) is 0 Å². The predicted octanol–water partition coefficient (Wildman–Crippen LogP) is 5.13. The molecule has 1 heterocycles. The van der Waals surface area contributed by atoms with Crippen molar-refractivity contribution in [1.82, 2.24) is 15.5 Å². The number of anilines is 2. The molecule has 0 aromatic heterocycles. The highest BCUT2D eigenvalue weighted by atomic mass is 16.2. The van der Waals surface area contributed by atoms with Gasteiger partial charge in [0.25, 0.3) is 5.91 Å². The number of carbonyl (C=O) groups is 2. The van der Waals surface area contributed by atoms with E-state index < -0.39 is 0 Å². The van der Waals surface area contributed by atoms with Crippen molar-refractivity contribution in [2.24, 2.45) is 5.92 Å². The zero-order valence-corrected chi connectivity index (χ0v) is 22.6. The molecule has 1 saturated heterocycles. The maximum absolute atomic E-state index is 13.3. The standard InChI is InChI=1S/C31H39N5O2/c1-4-32-31(38)34-28-16-15-26(35(2)3)21-27(28)30(37)33-22-23-17-19-36(20-18-23)29(24-11-7-5-8-12-24)25-13-9-6-10-14-25/h5-16,21,23,29H,4,17-20,22H2,1-3H3,(H,33,37)(H2,32,34,38). The molecule has 3 aromatic carbocycles. The van der Waals surface area contributed by atoms with Gasteiger partial charge in [-0.3, -0.25) is 9.69 Å². The Labute approximate surface area is 226 Å². The maximum atomic E-state index is 13.3. The fourth-order valence-electron chi connectivity index (χ4n) is 5.07. The van der Waals surface area contributed by atoms with Gasteiger partial charge in [0, 0.05) is 32.9 Å². The Kier molecular flexibility index (Phi) is 9.38. The van der Waals surface area contributed by atoms with E-state index in [-0.39, 0.29) is 18.0 Å². The van der Waals surface area contributed by atoms with Crippen LogP contribution in [0.1, 0.15) is 47.3 Å². The number of hydrogen-bond donors (Lipinski definition) is 3. The van der Waals surface area contributed by atoms with E-state index in [9.17, 15) is 9.59 Å². The van der Waals surface area contributed by atoms with E-state index in [1.165, 1.54) is 11.1 Å². The molecule has 1 aliphatic heterocycles. The molecule has 1 aliphatic rings. The molecule has 0 unspecified atom stereocenters. The van der Waals surface area contributed by atoms with E-state index in [2.05, 4.69) is 81.5 Å². The monoisotopic (exact) mass is 513 g/mol. The minimum atomic E-state index is -0.321. The quantitative estimate of drug-likeness (QED) is 0.371. The van der Waals surface area contributed by atoms with Gasteiger partial charge in [0.15, 0.2) is 0 Å². The average Bonchev–Trinajstić information content (AvgIpc) is 2.94. The first-order chi connectivity index (χ1) is 18.5. The number of piperidine rings is 1. The van der Waals surface area contributed by atoms with E-state index >= 15 is 0 Å². The predicted molar refractivity (Wildman–Crippen MR) is 155 cm³/mol. The zero-order chi connectivity index (χ0) is 26.9. The van der Waals surface area contributed by atoms with Crippen molar-refractivity contribution >= 4 is 23.3 Å². The summed E-state index contributed by atoms with van der Waals surface area (Å²) in [5.41, 5.74) is 4.48. The molecule has 38 heavy (non-hydrogen) atoms. The van der Waals surface area contributed by atoms with Crippen molar-refractivity contribution in [3.05, 3.63) is 95.6 Å². The normalized spacial score (nSPS) is 14.2. The summed E-state index contributed by atoms with van der Waals surface area (Å²) >= 11 is 0. The lowest BCUT2D eigenvalue weighted by Gasteiger charge is -2.38. The second-order valence-corrected chi connectivity index (χ2v) is 10.0. The molecule has 0 saturated carbocycles. The van der Waals surface area contributed by atoms with Gasteiger partial charge < -0.3 is 20.9 Å². The number of amides is 3. The summed E-state index contributed by atoms with van der Waals surface area (Å²) in [5.74, 6) is 0.230. The van der Waals surface area contributed by atoms with Crippen LogP contribution < -0.4 is 20.9 Å². The number of carbonyl (C=O) groups excluding carboxylic acids is 2. The molecule has 0 aliphatic carbocycles. The van der Waals surface area contributed by atoms with Crippen LogP contribution in [0.5, 0.6) is 0 Å². The molecule has 0 spiro atoms. The van der Waals surface area contributed by atoms with Crippen molar-refractivity contribution < 1.29 is 9.59 Å². The van der Waals surface area contributed by atoms with Crippen LogP contribution in [0.15, 0.2) is 78.9 Å². The highest BCUT2D eigenvalue weighted by Crippen LogP contribution is 2.32. The summed E-state index contributed by atoms with van der Waals surface area (Å²) in [6.45, 7) is 4.91. The number of nitrogens with one attached hydrogen (secondary N) is 3. The van der Waals surface area contributed by atoms with Crippen LogP contribution in [0, 0.1) is 5.92 Å². The van der Waals surface area contributed by atoms with Crippen LogP contribution >= 0.6 is 0 Å². The van der Waals surface area contributed by atoms with Gasteiger partial charge in [0.2, 0.25) is 0 Å². The minimum Gasteiger partial charge on any atom is -0.378 e. The summed E-state index contributed by atoms with van der Waals surface area (Å²) in [6.07, 6.45) is 2.02. The highest BCUT2D eigenvalue weighted by Gasteiger charge is 2.27. The van der Waals surface area contributed by atoms with Gasteiger partial charge >= 0.3 is 6.03 Å². The third-order valence-corrected chi connectivity index (χ3v) is 7.15. The van der Waals surface area contributed by atoms with Crippen LogP contribution in [0.3, 0.4) is 0 Å². The molecule has 3 aromatic rings. The van der Waals surface area contributed by atoms with Crippen LogP contribution in [0.4, 0.5) is 16.2 Å². The van der Waals surface area contributed by atoms with Gasteiger partial charge in [0.05, 0.1) is 17.3 Å². The number of hydrogen-bond acceptors (Lipinski definition) is 4. The van der Waals surface area contributed by atoms with Gasteiger partial charge in [-0.2, -0.15) is 0 Å². The molecule has 3 amide bonds. The van der Waals surface area contributed by atoms with Crippen molar-refractivity contribution in [1.29, 1.82) is 0 Å².